The molecule has 1 aromatic carbocycles. The van der Waals surface area contributed by atoms with E-state index in [1.807, 2.05) is 0 Å². The molecule has 0 unspecified atom stereocenters. The Labute approximate surface area is 116 Å². The standard InChI is InChI=1S/C14H18BrN3/c1-2-18-13-6-4-10(15)8-12(13)17-14(18)9-3-5-11(16)7-9/h4,6,8-9,11H,2-3,5,7,16H2,1H3/t9-,11+/m1/s1. The van der Waals surface area contributed by atoms with Crippen LogP contribution in [0.15, 0.2) is 22.7 Å². The van der Waals surface area contributed by atoms with Gasteiger partial charge in [0.1, 0.15) is 5.82 Å². The van der Waals surface area contributed by atoms with Gasteiger partial charge in [-0.3, -0.25) is 0 Å². The number of benzene rings is 1. The van der Waals surface area contributed by atoms with Crippen LogP contribution in [0.4, 0.5) is 0 Å². The Kier molecular flexibility index (Phi) is 3.16. The molecule has 1 aromatic heterocycles. The molecule has 1 aliphatic carbocycles. The van der Waals surface area contributed by atoms with E-state index < -0.39 is 0 Å². The van der Waals surface area contributed by atoms with Gasteiger partial charge >= 0.3 is 0 Å². The number of nitrogens with zero attached hydrogens (tertiary/aromatic N) is 2. The molecule has 2 atom stereocenters. The highest BCUT2D eigenvalue weighted by atomic mass is 79.9. The van der Waals surface area contributed by atoms with Gasteiger partial charge in [-0.25, -0.2) is 4.98 Å². The first kappa shape index (κ1) is 12.2. The van der Waals surface area contributed by atoms with Crippen LogP contribution in [-0.2, 0) is 6.54 Å². The lowest BCUT2D eigenvalue weighted by molar-refractivity contribution is 0.598. The molecule has 2 aromatic rings. The summed E-state index contributed by atoms with van der Waals surface area (Å²) >= 11 is 3.51. The van der Waals surface area contributed by atoms with E-state index in [1.165, 1.54) is 17.8 Å². The van der Waals surface area contributed by atoms with Gasteiger partial charge in [0.05, 0.1) is 11.0 Å². The molecule has 0 amide bonds. The first-order valence-electron chi connectivity index (χ1n) is 6.60. The fraction of sp³-hybridized carbons (Fsp3) is 0.500. The molecule has 0 bridgehead atoms. The van der Waals surface area contributed by atoms with Crippen molar-refractivity contribution in [1.82, 2.24) is 9.55 Å². The van der Waals surface area contributed by atoms with Gasteiger partial charge in [0, 0.05) is 23.0 Å². The molecule has 1 saturated carbocycles. The van der Waals surface area contributed by atoms with Crippen molar-refractivity contribution in [3.05, 3.63) is 28.5 Å². The maximum atomic E-state index is 6.03. The van der Waals surface area contributed by atoms with Gasteiger partial charge in [-0.2, -0.15) is 0 Å². The quantitative estimate of drug-likeness (QED) is 0.924. The van der Waals surface area contributed by atoms with E-state index in [-0.39, 0.29) is 0 Å². The van der Waals surface area contributed by atoms with Crippen molar-refractivity contribution >= 4 is 27.0 Å². The highest BCUT2D eigenvalue weighted by Crippen LogP contribution is 2.35. The van der Waals surface area contributed by atoms with Crippen molar-refractivity contribution in [2.45, 2.75) is 44.7 Å². The Balaban J connectivity index is 2.10. The van der Waals surface area contributed by atoms with Gasteiger partial charge in [-0.15, -0.1) is 0 Å². The number of rotatable bonds is 2. The van der Waals surface area contributed by atoms with E-state index in [0.717, 1.165) is 29.4 Å². The van der Waals surface area contributed by atoms with Crippen molar-refractivity contribution in [3.63, 3.8) is 0 Å². The summed E-state index contributed by atoms with van der Waals surface area (Å²) in [5.74, 6) is 1.75. The smallest absolute Gasteiger partial charge is 0.113 e. The van der Waals surface area contributed by atoms with Crippen LogP contribution >= 0.6 is 15.9 Å². The minimum absolute atomic E-state index is 0.354. The number of imidazole rings is 1. The van der Waals surface area contributed by atoms with Crippen LogP contribution in [0.1, 0.15) is 37.9 Å². The van der Waals surface area contributed by atoms with Gasteiger partial charge in [0.25, 0.3) is 0 Å². The summed E-state index contributed by atoms with van der Waals surface area (Å²) in [4.78, 5) is 4.84. The van der Waals surface area contributed by atoms with Crippen LogP contribution in [0, 0.1) is 0 Å². The van der Waals surface area contributed by atoms with E-state index in [4.69, 9.17) is 10.7 Å². The molecule has 1 heterocycles. The summed E-state index contributed by atoms with van der Waals surface area (Å²) < 4.78 is 3.43. The van der Waals surface area contributed by atoms with Gasteiger partial charge < -0.3 is 10.3 Å². The molecule has 96 valence electrons. The van der Waals surface area contributed by atoms with Crippen molar-refractivity contribution in [3.8, 4) is 0 Å². The molecule has 1 aliphatic rings. The summed E-state index contributed by atoms with van der Waals surface area (Å²) in [5, 5.41) is 0. The van der Waals surface area contributed by atoms with Crippen molar-refractivity contribution in [1.29, 1.82) is 0 Å². The molecule has 0 spiro atoms. The second kappa shape index (κ2) is 4.67. The maximum Gasteiger partial charge on any atom is 0.113 e. The molecule has 18 heavy (non-hydrogen) atoms. The third-order valence-electron chi connectivity index (χ3n) is 3.89. The molecule has 0 radical (unpaired) electrons. The molecule has 1 fully saturated rings. The summed E-state index contributed by atoms with van der Waals surface area (Å²) in [6, 6.07) is 6.68. The number of hydrogen-bond acceptors (Lipinski definition) is 2. The molecular weight excluding hydrogens is 290 g/mol. The Bertz CT molecular complexity index is 576. The molecule has 4 heteroatoms. The second-order valence-electron chi connectivity index (χ2n) is 5.12. The predicted octanol–water partition coefficient (Wildman–Crippen LogP) is 3.41. The third-order valence-corrected chi connectivity index (χ3v) is 4.39. The lowest BCUT2D eigenvalue weighted by atomic mass is 10.1. The number of fused-ring (bicyclic) bond motifs is 1. The predicted molar refractivity (Wildman–Crippen MR) is 77.7 cm³/mol. The van der Waals surface area contributed by atoms with Crippen LogP contribution in [0.5, 0.6) is 0 Å². The van der Waals surface area contributed by atoms with Gasteiger partial charge in [0.2, 0.25) is 0 Å². The number of halogens is 1. The Morgan fingerprint density at radius 2 is 2.28 bits per heavy atom. The van der Waals surface area contributed by atoms with E-state index in [9.17, 15) is 0 Å². The fourth-order valence-corrected chi connectivity index (χ4v) is 3.37. The van der Waals surface area contributed by atoms with Crippen LogP contribution in [-0.4, -0.2) is 15.6 Å². The minimum atomic E-state index is 0.354. The lowest BCUT2D eigenvalue weighted by Crippen LogP contribution is -2.15. The van der Waals surface area contributed by atoms with E-state index >= 15 is 0 Å². The monoisotopic (exact) mass is 307 g/mol. The molecule has 0 saturated heterocycles. The van der Waals surface area contributed by atoms with Crippen molar-refractivity contribution < 1.29 is 0 Å². The molecule has 0 aliphatic heterocycles. The van der Waals surface area contributed by atoms with E-state index in [2.05, 4.69) is 45.6 Å². The highest BCUT2D eigenvalue weighted by molar-refractivity contribution is 9.10. The van der Waals surface area contributed by atoms with Gasteiger partial charge in [0.15, 0.2) is 0 Å². The van der Waals surface area contributed by atoms with Crippen molar-refractivity contribution in [2.24, 2.45) is 5.73 Å². The van der Waals surface area contributed by atoms with E-state index in [1.54, 1.807) is 0 Å². The number of nitrogens with two attached hydrogens (primary N) is 1. The number of aryl methyl sites for hydroxylation is 1. The minimum Gasteiger partial charge on any atom is -0.328 e. The summed E-state index contributed by atoms with van der Waals surface area (Å²) in [7, 11) is 0. The summed E-state index contributed by atoms with van der Waals surface area (Å²) in [6.07, 6.45) is 3.37. The highest BCUT2D eigenvalue weighted by Gasteiger charge is 2.27. The van der Waals surface area contributed by atoms with Crippen LogP contribution in [0.3, 0.4) is 0 Å². The average Bonchev–Trinajstić information content (AvgIpc) is 2.91. The first-order chi connectivity index (χ1) is 8.69. The largest absolute Gasteiger partial charge is 0.328 e. The number of aromatic nitrogens is 2. The van der Waals surface area contributed by atoms with Gasteiger partial charge in [-0.05, 0) is 44.4 Å². The van der Waals surface area contributed by atoms with Gasteiger partial charge in [-0.1, -0.05) is 15.9 Å². The average molecular weight is 308 g/mol. The maximum absolute atomic E-state index is 6.03. The molecule has 2 N–H and O–H groups in total. The molecule has 3 nitrogen and oxygen atoms in total. The second-order valence-corrected chi connectivity index (χ2v) is 6.03. The zero-order chi connectivity index (χ0) is 12.7. The first-order valence-corrected chi connectivity index (χ1v) is 7.39. The Morgan fingerprint density at radius 3 is 2.94 bits per heavy atom. The lowest BCUT2D eigenvalue weighted by Gasteiger charge is -2.11. The SMILES string of the molecule is CCn1c([C@@H]2CC[C@H](N)C2)nc2cc(Br)ccc21. The summed E-state index contributed by atoms with van der Waals surface area (Å²) in [5.41, 5.74) is 8.35. The van der Waals surface area contributed by atoms with Crippen LogP contribution in [0.2, 0.25) is 0 Å². The van der Waals surface area contributed by atoms with Crippen molar-refractivity contribution in [2.75, 3.05) is 0 Å². The fourth-order valence-electron chi connectivity index (χ4n) is 3.02. The zero-order valence-corrected chi connectivity index (χ0v) is 12.2. The van der Waals surface area contributed by atoms with Crippen LogP contribution < -0.4 is 5.73 Å². The normalized spacial score (nSPS) is 23.9. The molecular formula is C14H18BrN3. The summed E-state index contributed by atoms with van der Waals surface area (Å²) in [6.45, 7) is 3.15. The topological polar surface area (TPSA) is 43.8 Å². The zero-order valence-electron chi connectivity index (χ0n) is 10.6. The Hall–Kier alpha value is -0.870. The third kappa shape index (κ3) is 1.97. The molecule has 3 rings (SSSR count). The Morgan fingerprint density at radius 1 is 1.44 bits per heavy atom. The number of hydrogen-bond donors (Lipinski definition) is 1. The van der Waals surface area contributed by atoms with E-state index in [0.29, 0.717) is 12.0 Å². The van der Waals surface area contributed by atoms with Crippen LogP contribution in [0.25, 0.3) is 11.0 Å².